The van der Waals surface area contributed by atoms with Gasteiger partial charge >= 0.3 is 5.97 Å². The Morgan fingerprint density at radius 2 is 2.07 bits per heavy atom. The van der Waals surface area contributed by atoms with Crippen LogP contribution in [0, 0.1) is 0 Å². The summed E-state index contributed by atoms with van der Waals surface area (Å²) in [7, 11) is 0. The first kappa shape index (κ1) is 21.5. The second-order valence-electron chi connectivity index (χ2n) is 7.46. The first-order chi connectivity index (χ1) is 14.0. The van der Waals surface area contributed by atoms with Gasteiger partial charge in [0.2, 0.25) is 5.91 Å². The molecule has 0 aliphatic carbocycles. The number of anilines is 1. The maximum Gasteiger partial charge on any atom is 0.338 e. The highest BCUT2D eigenvalue weighted by Crippen LogP contribution is 2.18. The largest absolute Gasteiger partial charge is 0.459 e. The lowest BCUT2D eigenvalue weighted by Gasteiger charge is -2.24. The van der Waals surface area contributed by atoms with E-state index in [9.17, 15) is 9.59 Å². The standard InChI is InChI=1S/C22H28N2O4S/c1-16(2)28-22(26)17-7-9-18(10-8-17)23-21(25)15-24(13-19-5-3-11-27-19)14-20-6-4-12-29-20/h4,6-10,12,16,19H,3,5,11,13-15H2,1-2H3,(H,23,25)/t19-/m0/s1. The van der Waals surface area contributed by atoms with Crippen LogP contribution in [0.25, 0.3) is 0 Å². The Labute approximate surface area is 175 Å². The van der Waals surface area contributed by atoms with Crippen LogP contribution in [0.4, 0.5) is 5.69 Å². The van der Waals surface area contributed by atoms with Crippen molar-refractivity contribution in [2.24, 2.45) is 0 Å². The highest BCUT2D eigenvalue weighted by atomic mass is 32.1. The number of rotatable bonds is 9. The van der Waals surface area contributed by atoms with Crippen molar-refractivity contribution in [1.82, 2.24) is 4.90 Å². The van der Waals surface area contributed by atoms with E-state index in [1.807, 2.05) is 25.3 Å². The summed E-state index contributed by atoms with van der Waals surface area (Å²) in [5.74, 6) is -0.450. The first-order valence-corrected chi connectivity index (χ1v) is 10.8. The third kappa shape index (κ3) is 6.96. The number of nitrogens with zero attached hydrogens (tertiary/aromatic N) is 1. The number of esters is 1. The molecule has 0 radical (unpaired) electrons. The molecule has 2 heterocycles. The van der Waals surface area contributed by atoms with Gasteiger partial charge in [-0.1, -0.05) is 6.07 Å². The lowest BCUT2D eigenvalue weighted by molar-refractivity contribution is -0.117. The minimum atomic E-state index is -0.364. The summed E-state index contributed by atoms with van der Waals surface area (Å²) in [5.41, 5.74) is 1.12. The van der Waals surface area contributed by atoms with E-state index < -0.39 is 0 Å². The summed E-state index contributed by atoms with van der Waals surface area (Å²) in [4.78, 5) is 27.9. The zero-order chi connectivity index (χ0) is 20.6. The SMILES string of the molecule is CC(C)OC(=O)c1ccc(NC(=O)CN(Cc2cccs2)C[C@@H]2CCCO2)cc1. The number of nitrogens with one attached hydrogen (secondary N) is 1. The summed E-state index contributed by atoms with van der Waals surface area (Å²) in [6, 6.07) is 10.9. The highest BCUT2D eigenvalue weighted by molar-refractivity contribution is 7.09. The maximum atomic E-state index is 12.6. The van der Waals surface area contributed by atoms with Gasteiger partial charge in [0.1, 0.15) is 0 Å². The minimum absolute atomic E-state index is 0.0861. The lowest BCUT2D eigenvalue weighted by Crippen LogP contribution is -2.37. The molecule has 1 amide bonds. The first-order valence-electron chi connectivity index (χ1n) is 9.97. The predicted octanol–water partition coefficient (Wildman–Crippen LogP) is 3.93. The van der Waals surface area contributed by atoms with Crippen molar-refractivity contribution >= 4 is 28.9 Å². The van der Waals surface area contributed by atoms with Crippen LogP contribution < -0.4 is 5.32 Å². The van der Waals surface area contributed by atoms with Crippen LogP contribution in [-0.2, 0) is 20.8 Å². The topological polar surface area (TPSA) is 67.9 Å². The number of carbonyl (C=O) groups is 2. The van der Waals surface area contributed by atoms with E-state index in [1.54, 1.807) is 35.6 Å². The number of hydrogen-bond donors (Lipinski definition) is 1. The molecule has 1 fully saturated rings. The molecule has 0 unspecified atom stereocenters. The zero-order valence-corrected chi connectivity index (χ0v) is 17.7. The number of benzene rings is 1. The lowest BCUT2D eigenvalue weighted by atomic mass is 10.2. The van der Waals surface area contributed by atoms with E-state index in [1.165, 1.54) is 4.88 Å². The molecule has 2 aromatic rings. The Morgan fingerprint density at radius 1 is 1.28 bits per heavy atom. The average Bonchev–Trinajstić information content (AvgIpc) is 3.36. The highest BCUT2D eigenvalue weighted by Gasteiger charge is 2.21. The molecule has 6 nitrogen and oxygen atoms in total. The fraction of sp³-hybridized carbons (Fsp3) is 0.455. The van der Waals surface area contributed by atoms with Gasteiger partial charge in [-0.15, -0.1) is 11.3 Å². The van der Waals surface area contributed by atoms with Gasteiger partial charge in [0.15, 0.2) is 0 Å². The Hall–Kier alpha value is -2.22. The summed E-state index contributed by atoms with van der Waals surface area (Å²) in [6.07, 6.45) is 2.14. The quantitative estimate of drug-likeness (QED) is 0.627. The Kier molecular flexibility index (Phi) is 7.80. The predicted molar refractivity (Wildman–Crippen MR) is 114 cm³/mol. The molecule has 1 atom stereocenters. The van der Waals surface area contributed by atoms with Gasteiger partial charge in [-0.3, -0.25) is 9.69 Å². The minimum Gasteiger partial charge on any atom is -0.459 e. The van der Waals surface area contributed by atoms with Crippen molar-refractivity contribution in [1.29, 1.82) is 0 Å². The second kappa shape index (κ2) is 10.5. The molecule has 1 aliphatic heterocycles. The van der Waals surface area contributed by atoms with E-state index in [2.05, 4.69) is 16.3 Å². The number of carbonyl (C=O) groups excluding carboxylic acids is 2. The number of ether oxygens (including phenoxy) is 2. The van der Waals surface area contributed by atoms with Gasteiger partial charge in [-0.05, 0) is 62.4 Å². The molecule has 0 saturated carbocycles. The Balaban J connectivity index is 1.56. The summed E-state index contributed by atoms with van der Waals surface area (Å²) in [5, 5.41) is 4.96. The molecular weight excluding hydrogens is 388 g/mol. The Bertz CT molecular complexity index is 784. The third-order valence-corrected chi connectivity index (χ3v) is 5.42. The van der Waals surface area contributed by atoms with Crippen LogP contribution in [0.5, 0.6) is 0 Å². The van der Waals surface area contributed by atoms with Crippen molar-refractivity contribution in [3.05, 3.63) is 52.2 Å². The van der Waals surface area contributed by atoms with Crippen LogP contribution in [0.1, 0.15) is 41.9 Å². The van der Waals surface area contributed by atoms with Crippen molar-refractivity contribution in [2.45, 2.75) is 45.4 Å². The van der Waals surface area contributed by atoms with E-state index in [0.717, 1.165) is 32.5 Å². The van der Waals surface area contributed by atoms with Gasteiger partial charge in [-0.2, -0.15) is 0 Å². The van der Waals surface area contributed by atoms with E-state index in [4.69, 9.17) is 9.47 Å². The Morgan fingerprint density at radius 3 is 2.69 bits per heavy atom. The van der Waals surface area contributed by atoms with Crippen LogP contribution in [-0.4, -0.2) is 48.7 Å². The fourth-order valence-electron chi connectivity index (χ4n) is 3.26. The number of thiophene rings is 1. The second-order valence-corrected chi connectivity index (χ2v) is 8.50. The summed E-state index contributed by atoms with van der Waals surface area (Å²) < 4.78 is 10.9. The van der Waals surface area contributed by atoms with Gasteiger partial charge < -0.3 is 14.8 Å². The van der Waals surface area contributed by atoms with Crippen molar-refractivity contribution in [3.8, 4) is 0 Å². The molecule has 156 valence electrons. The molecule has 7 heteroatoms. The summed E-state index contributed by atoms with van der Waals surface area (Å²) in [6.45, 7) is 6.18. The molecular formula is C22H28N2O4S. The number of hydrogen-bond acceptors (Lipinski definition) is 6. The molecule has 29 heavy (non-hydrogen) atoms. The van der Waals surface area contributed by atoms with Gasteiger partial charge in [0, 0.05) is 30.3 Å². The molecule has 1 aromatic heterocycles. The maximum absolute atomic E-state index is 12.6. The van der Waals surface area contributed by atoms with Gasteiger partial charge in [-0.25, -0.2) is 4.79 Å². The van der Waals surface area contributed by atoms with E-state index in [-0.39, 0.29) is 30.6 Å². The molecule has 1 aliphatic rings. The molecule has 3 rings (SSSR count). The van der Waals surface area contributed by atoms with Crippen LogP contribution in [0.2, 0.25) is 0 Å². The van der Waals surface area contributed by atoms with Crippen molar-refractivity contribution in [2.75, 3.05) is 25.0 Å². The average molecular weight is 417 g/mol. The van der Waals surface area contributed by atoms with E-state index >= 15 is 0 Å². The van der Waals surface area contributed by atoms with Crippen LogP contribution in [0.3, 0.4) is 0 Å². The molecule has 1 N–H and O–H groups in total. The molecule has 1 aromatic carbocycles. The van der Waals surface area contributed by atoms with Crippen molar-refractivity contribution in [3.63, 3.8) is 0 Å². The molecule has 0 spiro atoms. The smallest absolute Gasteiger partial charge is 0.338 e. The van der Waals surface area contributed by atoms with E-state index in [0.29, 0.717) is 11.3 Å². The van der Waals surface area contributed by atoms with Gasteiger partial charge in [0.05, 0.1) is 24.3 Å². The normalized spacial score (nSPS) is 16.3. The molecule has 1 saturated heterocycles. The summed E-state index contributed by atoms with van der Waals surface area (Å²) >= 11 is 1.69. The number of amides is 1. The third-order valence-electron chi connectivity index (χ3n) is 4.56. The monoisotopic (exact) mass is 416 g/mol. The van der Waals surface area contributed by atoms with Crippen molar-refractivity contribution < 1.29 is 19.1 Å². The van der Waals surface area contributed by atoms with Crippen LogP contribution in [0.15, 0.2) is 41.8 Å². The zero-order valence-electron chi connectivity index (χ0n) is 16.9. The van der Waals surface area contributed by atoms with Crippen LogP contribution >= 0.6 is 11.3 Å². The fourth-order valence-corrected chi connectivity index (χ4v) is 4.01. The molecule has 0 bridgehead atoms. The van der Waals surface area contributed by atoms with Gasteiger partial charge in [0.25, 0.3) is 0 Å².